The van der Waals surface area contributed by atoms with Gasteiger partial charge >= 0.3 is 0 Å². The average Bonchev–Trinajstić information content (AvgIpc) is 2.91. The van der Waals surface area contributed by atoms with Crippen molar-refractivity contribution in [2.24, 2.45) is 5.73 Å². The molecule has 2 N–H and O–H groups in total. The molecule has 0 aliphatic heterocycles. The van der Waals surface area contributed by atoms with Crippen LogP contribution < -0.4 is 19.9 Å². The maximum Gasteiger partial charge on any atom is 0.203 e. The molecule has 2 aromatic rings. The fraction of sp³-hybridized carbons (Fsp3) is 0.286. The lowest BCUT2D eigenvalue weighted by Gasteiger charge is -2.18. The van der Waals surface area contributed by atoms with E-state index in [-0.39, 0.29) is 5.22 Å². The van der Waals surface area contributed by atoms with Crippen LogP contribution in [0.2, 0.25) is 5.22 Å². The molecular formula is C14H16ClNO4. The van der Waals surface area contributed by atoms with E-state index in [2.05, 4.69) is 0 Å². The van der Waals surface area contributed by atoms with Crippen LogP contribution in [0.15, 0.2) is 28.7 Å². The Balaban J connectivity index is 2.51. The Labute approximate surface area is 122 Å². The molecule has 0 aliphatic rings. The summed E-state index contributed by atoms with van der Waals surface area (Å²) in [7, 11) is 4.64. The van der Waals surface area contributed by atoms with Gasteiger partial charge in [0.05, 0.1) is 27.4 Å². The molecule has 0 saturated carbocycles. The van der Waals surface area contributed by atoms with Crippen molar-refractivity contribution in [3.63, 3.8) is 0 Å². The highest BCUT2D eigenvalue weighted by Crippen LogP contribution is 2.43. The molecule has 1 aromatic heterocycles. The van der Waals surface area contributed by atoms with E-state index in [1.165, 1.54) is 0 Å². The van der Waals surface area contributed by atoms with E-state index in [4.69, 9.17) is 36.0 Å². The third-order valence-electron chi connectivity index (χ3n) is 2.97. The summed E-state index contributed by atoms with van der Waals surface area (Å²) in [5.74, 6) is 2.10. The van der Waals surface area contributed by atoms with Crippen molar-refractivity contribution in [1.82, 2.24) is 0 Å². The van der Waals surface area contributed by atoms with Gasteiger partial charge in [-0.3, -0.25) is 0 Å². The standard InChI is InChI=1S/C14H16ClNO4/c1-17-10-5-4-8(13(18-2)14(10)19-3)12(16)9-6-7-11(15)20-9/h4-7,12H,16H2,1-3H3. The summed E-state index contributed by atoms with van der Waals surface area (Å²) < 4.78 is 21.3. The van der Waals surface area contributed by atoms with Crippen molar-refractivity contribution in [1.29, 1.82) is 0 Å². The number of hydrogen-bond donors (Lipinski definition) is 1. The SMILES string of the molecule is COc1ccc(C(N)c2ccc(Cl)o2)c(OC)c1OC. The highest BCUT2D eigenvalue weighted by atomic mass is 35.5. The molecular weight excluding hydrogens is 282 g/mol. The summed E-state index contributed by atoms with van der Waals surface area (Å²) in [6.07, 6.45) is 0. The fourth-order valence-electron chi connectivity index (χ4n) is 2.02. The first-order chi connectivity index (χ1) is 9.62. The molecule has 0 fully saturated rings. The van der Waals surface area contributed by atoms with Gasteiger partial charge in [-0.25, -0.2) is 0 Å². The molecule has 2 rings (SSSR count). The Morgan fingerprint density at radius 1 is 1.00 bits per heavy atom. The summed E-state index contributed by atoms with van der Waals surface area (Å²) in [6, 6.07) is 6.42. The quantitative estimate of drug-likeness (QED) is 0.919. The lowest BCUT2D eigenvalue weighted by atomic mass is 10.0. The average molecular weight is 298 g/mol. The molecule has 5 nitrogen and oxygen atoms in total. The summed E-state index contributed by atoms with van der Waals surface area (Å²) in [5.41, 5.74) is 6.91. The van der Waals surface area contributed by atoms with Gasteiger partial charge in [0.2, 0.25) is 5.75 Å². The Morgan fingerprint density at radius 2 is 1.70 bits per heavy atom. The van der Waals surface area contributed by atoms with Crippen LogP contribution in [0.25, 0.3) is 0 Å². The number of halogens is 1. The molecule has 0 amide bonds. The van der Waals surface area contributed by atoms with Crippen molar-refractivity contribution in [2.45, 2.75) is 6.04 Å². The van der Waals surface area contributed by atoms with Crippen molar-refractivity contribution in [3.8, 4) is 17.2 Å². The highest BCUT2D eigenvalue weighted by Gasteiger charge is 2.22. The molecule has 1 aromatic carbocycles. The van der Waals surface area contributed by atoms with Gasteiger partial charge in [-0.2, -0.15) is 0 Å². The predicted octanol–water partition coefficient (Wildman–Crippen LogP) is 3.01. The van der Waals surface area contributed by atoms with E-state index >= 15 is 0 Å². The van der Waals surface area contributed by atoms with E-state index in [1.807, 2.05) is 0 Å². The zero-order chi connectivity index (χ0) is 14.7. The molecule has 1 atom stereocenters. The van der Waals surface area contributed by atoms with Crippen molar-refractivity contribution >= 4 is 11.6 Å². The molecule has 0 radical (unpaired) electrons. The summed E-state index contributed by atoms with van der Waals surface area (Å²) >= 11 is 5.77. The molecule has 108 valence electrons. The van der Waals surface area contributed by atoms with Crippen LogP contribution in [-0.2, 0) is 0 Å². The van der Waals surface area contributed by atoms with Gasteiger partial charge in [-0.15, -0.1) is 0 Å². The number of methoxy groups -OCH3 is 3. The number of hydrogen-bond acceptors (Lipinski definition) is 5. The lowest BCUT2D eigenvalue weighted by Crippen LogP contribution is -2.13. The fourth-order valence-corrected chi connectivity index (χ4v) is 2.17. The van der Waals surface area contributed by atoms with Crippen molar-refractivity contribution < 1.29 is 18.6 Å². The minimum atomic E-state index is -0.516. The first kappa shape index (κ1) is 14.6. The van der Waals surface area contributed by atoms with E-state index in [0.717, 1.165) is 5.56 Å². The third-order valence-corrected chi connectivity index (χ3v) is 3.17. The van der Waals surface area contributed by atoms with Crippen LogP contribution in [0.1, 0.15) is 17.4 Å². The number of benzene rings is 1. The van der Waals surface area contributed by atoms with Gasteiger partial charge in [-0.05, 0) is 35.9 Å². The van der Waals surface area contributed by atoms with Crippen LogP contribution in [-0.4, -0.2) is 21.3 Å². The van der Waals surface area contributed by atoms with E-state index in [0.29, 0.717) is 23.0 Å². The van der Waals surface area contributed by atoms with Crippen molar-refractivity contribution in [3.05, 3.63) is 40.8 Å². The van der Waals surface area contributed by atoms with Gasteiger partial charge in [0.15, 0.2) is 16.7 Å². The smallest absolute Gasteiger partial charge is 0.203 e. The lowest BCUT2D eigenvalue weighted by molar-refractivity contribution is 0.320. The van der Waals surface area contributed by atoms with Crippen LogP contribution >= 0.6 is 11.6 Å². The molecule has 20 heavy (non-hydrogen) atoms. The van der Waals surface area contributed by atoms with Crippen molar-refractivity contribution in [2.75, 3.05) is 21.3 Å². The molecule has 1 heterocycles. The monoisotopic (exact) mass is 297 g/mol. The Hall–Kier alpha value is -1.85. The number of rotatable bonds is 5. The molecule has 0 aliphatic carbocycles. The molecule has 1 unspecified atom stereocenters. The minimum Gasteiger partial charge on any atom is -0.493 e. The summed E-state index contributed by atoms with van der Waals surface area (Å²) in [5, 5.41) is 0.287. The van der Waals surface area contributed by atoms with Crippen LogP contribution in [0.4, 0.5) is 0 Å². The van der Waals surface area contributed by atoms with Gasteiger partial charge < -0.3 is 24.4 Å². The first-order valence-corrected chi connectivity index (χ1v) is 6.29. The minimum absolute atomic E-state index is 0.287. The Kier molecular flexibility index (Phi) is 4.42. The topological polar surface area (TPSA) is 66.9 Å². The second-order valence-electron chi connectivity index (χ2n) is 4.04. The molecule has 6 heteroatoms. The summed E-state index contributed by atoms with van der Waals surface area (Å²) in [6.45, 7) is 0. The van der Waals surface area contributed by atoms with Gasteiger partial charge in [-0.1, -0.05) is 0 Å². The Bertz CT molecular complexity index is 597. The van der Waals surface area contributed by atoms with Gasteiger partial charge in [0, 0.05) is 5.56 Å². The zero-order valence-corrected chi connectivity index (χ0v) is 12.2. The first-order valence-electron chi connectivity index (χ1n) is 5.92. The second-order valence-corrected chi connectivity index (χ2v) is 4.42. The van der Waals surface area contributed by atoms with Crippen LogP contribution in [0, 0.1) is 0 Å². The molecule has 0 saturated heterocycles. The maximum absolute atomic E-state index is 6.19. The van der Waals surface area contributed by atoms with Crippen LogP contribution in [0.3, 0.4) is 0 Å². The third kappa shape index (κ3) is 2.55. The highest BCUT2D eigenvalue weighted by molar-refractivity contribution is 6.28. The normalized spacial score (nSPS) is 12.1. The van der Waals surface area contributed by atoms with E-state index in [9.17, 15) is 0 Å². The number of ether oxygens (including phenoxy) is 3. The van der Waals surface area contributed by atoms with E-state index in [1.54, 1.807) is 45.6 Å². The second kappa shape index (κ2) is 6.07. The van der Waals surface area contributed by atoms with Crippen LogP contribution in [0.5, 0.6) is 17.2 Å². The maximum atomic E-state index is 6.19. The van der Waals surface area contributed by atoms with Gasteiger partial charge in [0.1, 0.15) is 5.76 Å². The van der Waals surface area contributed by atoms with Gasteiger partial charge in [0.25, 0.3) is 0 Å². The predicted molar refractivity (Wildman–Crippen MR) is 75.8 cm³/mol. The largest absolute Gasteiger partial charge is 0.493 e. The molecule has 0 spiro atoms. The summed E-state index contributed by atoms with van der Waals surface area (Å²) in [4.78, 5) is 0. The van der Waals surface area contributed by atoms with E-state index < -0.39 is 6.04 Å². The number of furan rings is 1. The molecule has 0 bridgehead atoms. The zero-order valence-electron chi connectivity index (χ0n) is 11.5. The number of nitrogens with two attached hydrogens (primary N) is 1. The Morgan fingerprint density at radius 3 is 2.20 bits per heavy atom.